The Morgan fingerprint density at radius 2 is 1.93 bits per heavy atom. The zero-order valence-electron chi connectivity index (χ0n) is 17.1. The number of hydrogen-bond donors (Lipinski definition) is 0. The van der Waals surface area contributed by atoms with Gasteiger partial charge < -0.3 is 14.2 Å². The van der Waals surface area contributed by atoms with Crippen LogP contribution in [0, 0.1) is 18.8 Å². The lowest BCUT2D eigenvalue weighted by Gasteiger charge is -2.53. The summed E-state index contributed by atoms with van der Waals surface area (Å²) in [7, 11) is -4.27. The Labute approximate surface area is 177 Å². The summed E-state index contributed by atoms with van der Waals surface area (Å²) in [5, 5.41) is 0. The number of carbonyl (C=O) groups is 1. The van der Waals surface area contributed by atoms with E-state index in [2.05, 4.69) is 11.2 Å². The van der Waals surface area contributed by atoms with Gasteiger partial charge in [-0.25, -0.2) is 8.42 Å². The fourth-order valence-electron chi connectivity index (χ4n) is 5.94. The molecule has 5 rings (SSSR count). The van der Waals surface area contributed by atoms with Gasteiger partial charge in [-0.15, -0.1) is 0 Å². The maximum atomic E-state index is 12.3. The molecule has 1 amide bonds. The molecule has 3 aliphatic heterocycles. The van der Waals surface area contributed by atoms with Crippen LogP contribution in [0.15, 0.2) is 29.2 Å². The molecule has 3 saturated heterocycles. The number of hydrogen-bond acceptors (Lipinski definition) is 6. The predicted octanol–water partition coefficient (Wildman–Crippen LogP) is 2.34. The molecule has 7 nitrogen and oxygen atoms in total. The van der Waals surface area contributed by atoms with Gasteiger partial charge in [0.2, 0.25) is 12.3 Å². The Balaban J connectivity index is 0.000000170. The number of epoxide rings is 1. The number of aryl methyl sites for hydroxylation is 1. The largest absolute Gasteiger partial charge is 0.744 e. The average molecular weight is 434 g/mol. The van der Waals surface area contributed by atoms with E-state index in [1.54, 1.807) is 12.1 Å². The van der Waals surface area contributed by atoms with Crippen LogP contribution in [0.2, 0.25) is 0 Å². The van der Waals surface area contributed by atoms with Crippen LogP contribution >= 0.6 is 0 Å². The van der Waals surface area contributed by atoms with Crippen LogP contribution in [0.3, 0.4) is 0 Å². The van der Waals surface area contributed by atoms with Crippen molar-refractivity contribution >= 4 is 22.3 Å². The van der Waals surface area contributed by atoms with Gasteiger partial charge >= 0.3 is 6.29 Å². The van der Waals surface area contributed by atoms with Gasteiger partial charge in [0.05, 0.1) is 23.0 Å². The van der Waals surface area contributed by atoms with E-state index in [4.69, 9.17) is 4.74 Å². The van der Waals surface area contributed by atoms with Gasteiger partial charge in [-0.1, -0.05) is 30.5 Å². The molecule has 1 aliphatic carbocycles. The summed E-state index contributed by atoms with van der Waals surface area (Å²) in [5.74, 6) is 0.926. The van der Waals surface area contributed by atoms with Crippen molar-refractivity contribution in [2.45, 2.75) is 67.9 Å². The molecule has 4 aliphatic rings. The SMILES string of the molecule is Cc1ccc(S(=O)(=O)[O-])cc1.O=[C+]C[C@@H]1[C@]2(CCN3C(=O)C[C@@H]4CCCC[C@]413)CO2. The fraction of sp³-hybridized carbons (Fsp3) is 0.636. The molecule has 1 aromatic carbocycles. The monoisotopic (exact) mass is 433 g/mol. The van der Waals surface area contributed by atoms with Gasteiger partial charge in [-0.2, -0.15) is 0 Å². The van der Waals surface area contributed by atoms with Gasteiger partial charge in [0, 0.05) is 17.8 Å². The van der Waals surface area contributed by atoms with Gasteiger partial charge in [0.1, 0.15) is 15.7 Å². The van der Waals surface area contributed by atoms with Crippen molar-refractivity contribution in [1.29, 1.82) is 0 Å². The first-order valence-corrected chi connectivity index (χ1v) is 12.0. The topological polar surface area (TPSA) is 107 Å². The van der Waals surface area contributed by atoms with Crippen molar-refractivity contribution in [1.82, 2.24) is 4.90 Å². The molecule has 0 radical (unpaired) electrons. The average Bonchev–Trinajstić information content (AvgIpc) is 3.40. The second kappa shape index (κ2) is 7.68. The third kappa shape index (κ3) is 3.56. The van der Waals surface area contributed by atoms with Crippen LogP contribution in [-0.2, 0) is 24.4 Å². The van der Waals surface area contributed by atoms with E-state index >= 15 is 0 Å². The molecule has 0 unspecified atom stereocenters. The number of nitrogens with zero attached hydrogens (tertiary/aromatic N) is 1. The molecule has 8 heteroatoms. The van der Waals surface area contributed by atoms with E-state index in [9.17, 15) is 22.6 Å². The van der Waals surface area contributed by atoms with Crippen molar-refractivity contribution in [2.24, 2.45) is 11.8 Å². The highest BCUT2D eigenvalue weighted by atomic mass is 32.2. The summed E-state index contributed by atoms with van der Waals surface area (Å²) >= 11 is 0. The number of ether oxygens (including phenoxy) is 1. The molecule has 0 aromatic heterocycles. The normalized spacial score (nSPS) is 34.5. The fourth-order valence-corrected chi connectivity index (χ4v) is 6.41. The third-order valence-corrected chi connectivity index (χ3v) is 8.27. The second-order valence-corrected chi connectivity index (χ2v) is 10.3. The van der Waals surface area contributed by atoms with Gasteiger partial charge in [0.25, 0.3) is 0 Å². The Morgan fingerprint density at radius 3 is 2.53 bits per heavy atom. The highest BCUT2D eigenvalue weighted by Crippen LogP contribution is 2.60. The molecule has 0 N–H and O–H groups in total. The summed E-state index contributed by atoms with van der Waals surface area (Å²) in [4.78, 5) is 25.3. The number of rotatable bonds is 3. The van der Waals surface area contributed by atoms with Crippen LogP contribution in [-0.4, -0.2) is 54.4 Å². The third-order valence-electron chi connectivity index (χ3n) is 7.42. The number of benzene rings is 1. The van der Waals surface area contributed by atoms with Crippen LogP contribution in [0.25, 0.3) is 0 Å². The van der Waals surface area contributed by atoms with Crippen molar-refractivity contribution < 1.29 is 27.3 Å². The molecule has 162 valence electrons. The van der Waals surface area contributed by atoms with Crippen LogP contribution in [0.1, 0.15) is 50.5 Å². The lowest BCUT2D eigenvalue weighted by Crippen LogP contribution is -2.64. The maximum Gasteiger partial charge on any atom is 0.506 e. The lowest BCUT2D eigenvalue weighted by molar-refractivity contribution is -0.140. The number of carbonyl (C=O) groups excluding carboxylic acids is 2. The first kappa shape index (κ1) is 21.4. The van der Waals surface area contributed by atoms with E-state index in [0.29, 0.717) is 24.7 Å². The van der Waals surface area contributed by atoms with Crippen molar-refractivity contribution in [3.05, 3.63) is 29.8 Å². The molecule has 3 heterocycles. The highest BCUT2D eigenvalue weighted by Gasteiger charge is 2.70. The zero-order chi connectivity index (χ0) is 21.6. The summed E-state index contributed by atoms with van der Waals surface area (Å²) in [6, 6.07) is 5.78. The van der Waals surface area contributed by atoms with Crippen LogP contribution < -0.4 is 0 Å². The maximum absolute atomic E-state index is 12.3. The van der Waals surface area contributed by atoms with E-state index in [1.165, 1.54) is 25.0 Å². The number of amides is 1. The Morgan fingerprint density at radius 1 is 1.23 bits per heavy atom. The van der Waals surface area contributed by atoms with E-state index in [0.717, 1.165) is 38.0 Å². The molecule has 0 bridgehead atoms. The molecule has 30 heavy (non-hydrogen) atoms. The summed E-state index contributed by atoms with van der Waals surface area (Å²) in [6.07, 6.45) is 8.72. The Bertz CT molecular complexity index is 923. The Hall–Kier alpha value is -1.86. The van der Waals surface area contributed by atoms with Crippen LogP contribution in [0.4, 0.5) is 0 Å². The van der Waals surface area contributed by atoms with Gasteiger partial charge in [-0.05, 0) is 44.2 Å². The molecular formula is C22H27NO6S. The minimum atomic E-state index is -4.27. The molecule has 4 atom stereocenters. The van der Waals surface area contributed by atoms with Crippen molar-refractivity contribution in [3.8, 4) is 0 Å². The molecule has 1 saturated carbocycles. The van der Waals surface area contributed by atoms with E-state index < -0.39 is 10.1 Å². The molecule has 1 aromatic rings. The van der Waals surface area contributed by atoms with Crippen molar-refractivity contribution in [3.63, 3.8) is 0 Å². The lowest BCUT2D eigenvalue weighted by atomic mass is 9.59. The summed E-state index contributed by atoms with van der Waals surface area (Å²) in [6.45, 7) is 3.42. The number of piperidine rings is 1. The highest BCUT2D eigenvalue weighted by molar-refractivity contribution is 7.85. The van der Waals surface area contributed by atoms with Crippen molar-refractivity contribution in [2.75, 3.05) is 13.2 Å². The molecule has 2 spiro atoms. The minimum Gasteiger partial charge on any atom is -0.744 e. The first-order chi connectivity index (χ1) is 14.2. The van der Waals surface area contributed by atoms with E-state index in [1.807, 2.05) is 6.92 Å². The first-order valence-electron chi connectivity index (χ1n) is 10.5. The smallest absolute Gasteiger partial charge is 0.506 e. The van der Waals surface area contributed by atoms with Crippen LogP contribution in [0.5, 0.6) is 0 Å². The van der Waals surface area contributed by atoms with Gasteiger partial charge in [-0.3, -0.25) is 4.79 Å². The summed E-state index contributed by atoms with van der Waals surface area (Å²) in [5.41, 5.74) is 0.743. The molecular weight excluding hydrogens is 406 g/mol. The summed E-state index contributed by atoms with van der Waals surface area (Å²) < 4.78 is 36.9. The second-order valence-electron chi connectivity index (χ2n) is 8.96. The standard InChI is InChI=1S/C15H20NO3.C7H8O3S/c17-8-4-12-14(10-19-14)6-7-16-13(18)9-11-3-1-2-5-15(11,12)16;1-6-2-4-7(5-3-6)11(8,9)10/h11-12H,1-7,9-10H2;2-5H,1H3,(H,8,9,10)/q+1;/p-1/t11-,12+,14-,15-;/m0./s1. The van der Waals surface area contributed by atoms with Gasteiger partial charge in [0.15, 0.2) is 0 Å². The predicted molar refractivity (Wildman–Crippen MR) is 107 cm³/mol. The quantitative estimate of drug-likeness (QED) is 0.411. The van der Waals surface area contributed by atoms with E-state index in [-0.39, 0.29) is 22.0 Å². The minimum absolute atomic E-state index is 0.0819. The Kier molecular flexibility index (Phi) is 5.47. The zero-order valence-corrected chi connectivity index (χ0v) is 17.9. The molecule has 4 fully saturated rings.